The number of carbonyl (C=O) groups is 1. The smallest absolute Gasteiger partial charge is 0.205 e. The predicted octanol–water partition coefficient (Wildman–Crippen LogP) is 1.93. The van der Waals surface area contributed by atoms with Crippen LogP contribution in [-0.2, 0) is 6.54 Å². The number of benzene rings is 1. The monoisotopic (exact) mass is 279 g/mol. The fraction of sp³-hybridized carbons (Fsp3) is 0.133. The van der Waals surface area contributed by atoms with Gasteiger partial charge in [0.15, 0.2) is 5.78 Å². The third kappa shape index (κ3) is 3.00. The Labute approximate surface area is 121 Å². The van der Waals surface area contributed by atoms with E-state index in [-0.39, 0.29) is 12.3 Å². The lowest BCUT2D eigenvalue weighted by Crippen LogP contribution is -2.13. The van der Waals surface area contributed by atoms with Gasteiger partial charge in [-0.1, -0.05) is 29.8 Å². The summed E-state index contributed by atoms with van der Waals surface area (Å²) in [5.74, 6) is 0.433. The van der Waals surface area contributed by atoms with E-state index in [1.54, 1.807) is 36.7 Å². The lowest BCUT2D eigenvalue weighted by molar-refractivity contribution is 0.0961. The third-order valence-corrected chi connectivity index (χ3v) is 3.05. The number of carbonyl (C=O) groups excluding carboxylic acids is 1. The standard InChI is InChI=1S/C15H13N5O/c1-11-2-4-12(5-3-11)14(21)10-20-18-15(17-19-20)13-6-8-16-9-7-13/h2-9H,10H2,1H3. The molecule has 0 N–H and O–H groups in total. The van der Waals surface area contributed by atoms with Crippen molar-refractivity contribution in [3.8, 4) is 11.4 Å². The molecule has 0 aliphatic rings. The van der Waals surface area contributed by atoms with E-state index in [1.807, 2.05) is 19.1 Å². The summed E-state index contributed by atoms with van der Waals surface area (Å²) in [5.41, 5.74) is 2.58. The molecule has 0 spiro atoms. The second-order valence-corrected chi connectivity index (χ2v) is 4.67. The van der Waals surface area contributed by atoms with Gasteiger partial charge in [-0.15, -0.1) is 10.2 Å². The Balaban J connectivity index is 1.75. The Morgan fingerprint density at radius 1 is 1.10 bits per heavy atom. The molecule has 0 radical (unpaired) electrons. The van der Waals surface area contributed by atoms with Crippen molar-refractivity contribution in [1.29, 1.82) is 0 Å². The average molecular weight is 279 g/mol. The van der Waals surface area contributed by atoms with Gasteiger partial charge in [0.25, 0.3) is 0 Å². The van der Waals surface area contributed by atoms with Crippen LogP contribution in [0.3, 0.4) is 0 Å². The lowest BCUT2D eigenvalue weighted by Gasteiger charge is -2.00. The average Bonchev–Trinajstić information content (AvgIpc) is 2.97. The molecule has 3 aromatic rings. The largest absolute Gasteiger partial charge is 0.292 e. The predicted molar refractivity (Wildman–Crippen MR) is 76.6 cm³/mol. The van der Waals surface area contributed by atoms with E-state index in [9.17, 15) is 4.79 Å². The molecule has 0 aliphatic carbocycles. The van der Waals surface area contributed by atoms with E-state index >= 15 is 0 Å². The van der Waals surface area contributed by atoms with Crippen molar-refractivity contribution < 1.29 is 4.79 Å². The number of rotatable bonds is 4. The van der Waals surface area contributed by atoms with Crippen LogP contribution in [0.1, 0.15) is 15.9 Å². The normalized spacial score (nSPS) is 10.5. The minimum Gasteiger partial charge on any atom is -0.292 e. The molecule has 0 saturated heterocycles. The van der Waals surface area contributed by atoms with Gasteiger partial charge in [-0.3, -0.25) is 9.78 Å². The quantitative estimate of drug-likeness (QED) is 0.682. The first-order chi connectivity index (χ1) is 10.2. The molecule has 0 bridgehead atoms. The van der Waals surface area contributed by atoms with Gasteiger partial charge in [0.2, 0.25) is 5.82 Å². The second kappa shape index (κ2) is 5.62. The molecule has 6 nitrogen and oxygen atoms in total. The molecule has 0 amide bonds. The maximum Gasteiger partial charge on any atom is 0.205 e. The van der Waals surface area contributed by atoms with E-state index in [4.69, 9.17) is 0 Å². The number of aryl methyl sites for hydroxylation is 1. The fourth-order valence-corrected chi connectivity index (χ4v) is 1.89. The Hall–Kier alpha value is -2.89. The van der Waals surface area contributed by atoms with Crippen molar-refractivity contribution in [3.63, 3.8) is 0 Å². The molecule has 2 heterocycles. The number of aromatic nitrogens is 5. The first kappa shape index (κ1) is 13.1. The minimum absolute atomic E-state index is 0.0475. The van der Waals surface area contributed by atoms with Crippen LogP contribution in [0.15, 0.2) is 48.8 Å². The number of nitrogens with zero attached hydrogens (tertiary/aromatic N) is 5. The Morgan fingerprint density at radius 2 is 1.81 bits per heavy atom. The van der Waals surface area contributed by atoms with Crippen LogP contribution in [-0.4, -0.2) is 31.0 Å². The summed E-state index contributed by atoms with van der Waals surface area (Å²) in [7, 11) is 0. The van der Waals surface area contributed by atoms with Gasteiger partial charge >= 0.3 is 0 Å². The molecule has 2 aromatic heterocycles. The molecule has 6 heteroatoms. The molecule has 1 aromatic carbocycles. The third-order valence-electron chi connectivity index (χ3n) is 3.05. The van der Waals surface area contributed by atoms with Crippen molar-refractivity contribution in [3.05, 3.63) is 59.9 Å². The number of hydrogen-bond donors (Lipinski definition) is 0. The van der Waals surface area contributed by atoms with Crippen LogP contribution in [0.4, 0.5) is 0 Å². The van der Waals surface area contributed by atoms with E-state index in [0.29, 0.717) is 11.4 Å². The summed E-state index contributed by atoms with van der Waals surface area (Å²) in [6, 6.07) is 11.0. The highest BCUT2D eigenvalue weighted by Crippen LogP contribution is 2.11. The summed E-state index contributed by atoms with van der Waals surface area (Å²) in [6.07, 6.45) is 3.32. The van der Waals surface area contributed by atoms with Gasteiger partial charge in [-0.25, -0.2) is 0 Å². The Morgan fingerprint density at radius 3 is 2.52 bits per heavy atom. The van der Waals surface area contributed by atoms with Gasteiger partial charge in [-0.05, 0) is 24.3 Å². The first-order valence-electron chi connectivity index (χ1n) is 6.50. The zero-order chi connectivity index (χ0) is 14.7. The SMILES string of the molecule is Cc1ccc(C(=O)Cn2nnc(-c3ccncc3)n2)cc1. The summed E-state index contributed by atoms with van der Waals surface area (Å²) in [4.78, 5) is 17.4. The molecule has 21 heavy (non-hydrogen) atoms. The summed E-state index contributed by atoms with van der Waals surface area (Å²) < 4.78 is 0. The van der Waals surface area contributed by atoms with Crippen molar-refractivity contribution >= 4 is 5.78 Å². The van der Waals surface area contributed by atoms with Gasteiger partial charge in [0.1, 0.15) is 6.54 Å². The van der Waals surface area contributed by atoms with Crippen molar-refractivity contribution in [2.24, 2.45) is 0 Å². The Bertz CT molecular complexity index is 749. The van der Waals surface area contributed by atoms with Crippen LogP contribution in [0.25, 0.3) is 11.4 Å². The number of hydrogen-bond acceptors (Lipinski definition) is 5. The van der Waals surface area contributed by atoms with Crippen LogP contribution >= 0.6 is 0 Å². The number of pyridine rings is 1. The minimum atomic E-state index is -0.0475. The van der Waals surface area contributed by atoms with Crippen molar-refractivity contribution in [2.45, 2.75) is 13.5 Å². The number of ketones is 1. The fourth-order valence-electron chi connectivity index (χ4n) is 1.89. The van der Waals surface area contributed by atoms with Crippen LogP contribution < -0.4 is 0 Å². The Kier molecular flexibility index (Phi) is 3.51. The van der Waals surface area contributed by atoms with Crippen molar-refractivity contribution in [1.82, 2.24) is 25.2 Å². The number of Topliss-reactive ketones (excluding diaryl/α,β-unsaturated/α-hetero) is 1. The van der Waals surface area contributed by atoms with Gasteiger partial charge in [-0.2, -0.15) is 4.80 Å². The molecule has 0 atom stereocenters. The molecule has 0 fully saturated rings. The maximum atomic E-state index is 12.1. The van der Waals surface area contributed by atoms with Crippen molar-refractivity contribution in [2.75, 3.05) is 0 Å². The molecule has 0 aliphatic heterocycles. The maximum absolute atomic E-state index is 12.1. The summed E-state index contributed by atoms with van der Waals surface area (Å²) in [6.45, 7) is 2.05. The van der Waals surface area contributed by atoms with Gasteiger partial charge in [0, 0.05) is 23.5 Å². The zero-order valence-electron chi connectivity index (χ0n) is 11.5. The molecular formula is C15H13N5O. The highest BCUT2D eigenvalue weighted by molar-refractivity contribution is 5.95. The van der Waals surface area contributed by atoms with E-state index in [0.717, 1.165) is 11.1 Å². The lowest BCUT2D eigenvalue weighted by atomic mass is 10.1. The van der Waals surface area contributed by atoms with Crippen LogP contribution in [0.5, 0.6) is 0 Å². The van der Waals surface area contributed by atoms with Crippen LogP contribution in [0, 0.1) is 6.92 Å². The summed E-state index contributed by atoms with van der Waals surface area (Å²) in [5, 5.41) is 12.1. The molecule has 104 valence electrons. The van der Waals surface area contributed by atoms with Gasteiger partial charge < -0.3 is 0 Å². The highest BCUT2D eigenvalue weighted by Gasteiger charge is 2.10. The van der Waals surface area contributed by atoms with E-state index < -0.39 is 0 Å². The first-order valence-corrected chi connectivity index (χ1v) is 6.50. The number of tetrazole rings is 1. The molecule has 0 saturated carbocycles. The molecular weight excluding hydrogens is 266 g/mol. The second-order valence-electron chi connectivity index (χ2n) is 4.67. The van der Waals surface area contributed by atoms with E-state index in [1.165, 1.54) is 4.80 Å². The zero-order valence-corrected chi connectivity index (χ0v) is 11.5. The summed E-state index contributed by atoms with van der Waals surface area (Å²) >= 11 is 0. The highest BCUT2D eigenvalue weighted by atomic mass is 16.1. The van der Waals surface area contributed by atoms with E-state index in [2.05, 4.69) is 20.4 Å². The molecule has 3 rings (SSSR count). The van der Waals surface area contributed by atoms with Crippen LogP contribution in [0.2, 0.25) is 0 Å². The topological polar surface area (TPSA) is 73.6 Å². The van der Waals surface area contributed by atoms with Gasteiger partial charge in [0.05, 0.1) is 0 Å². The molecule has 0 unspecified atom stereocenters.